The molecule has 2 aromatic carbocycles. The van der Waals surface area contributed by atoms with Crippen molar-refractivity contribution in [3.8, 4) is 17.2 Å². The molecule has 2 saturated heterocycles. The monoisotopic (exact) mass is 612 g/mol. The molecule has 1 amide bonds. The second kappa shape index (κ2) is 13.5. The van der Waals surface area contributed by atoms with Crippen LogP contribution in [0.3, 0.4) is 0 Å². The Bertz CT molecular complexity index is 1630. The third kappa shape index (κ3) is 6.44. The van der Waals surface area contributed by atoms with Crippen molar-refractivity contribution in [2.75, 3.05) is 46.6 Å². The maximum Gasteiger partial charge on any atom is 0.332 e. The first-order chi connectivity index (χ1) is 21.3. The summed E-state index contributed by atoms with van der Waals surface area (Å²) in [5.74, 6) is 1.17. The molecule has 5 rings (SSSR count). The summed E-state index contributed by atoms with van der Waals surface area (Å²) in [5, 5.41) is 0.187. The highest BCUT2D eigenvalue weighted by atomic mass is 19.1. The van der Waals surface area contributed by atoms with Crippen molar-refractivity contribution in [3.63, 3.8) is 0 Å². The average Bonchev–Trinajstić information content (AvgIpc) is 3.52. The van der Waals surface area contributed by atoms with Crippen molar-refractivity contribution < 1.29 is 27.8 Å². The Kier molecular flexibility index (Phi) is 9.55. The normalized spacial score (nSPS) is 17.3. The van der Waals surface area contributed by atoms with Gasteiger partial charge in [-0.1, -0.05) is 12.6 Å². The number of allylic oxidation sites excluding steroid dienone is 1. The van der Waals surface area contributed by atoms with Gasteiger partial charge in [0, 0.05) is 37.8 Å². The third-order valence-corrected chi connectivity index (χ3v) is 8.35. The van der Waals surface area contributed by atoms with Gasteiger partial charge < -0.3 is 24.0 Å². The summed E-state index contributed by atoms with van der Waals surface area (Å²) in [6.45, 7) is 6.40. The fraction of sp³-hybridized carbons (Fsp3) is 0.469. The average molecular weight is 613 g/mol. The fourth-order valence-corrected chi connectivity index (χ4v) is 5.91. The van der Waals surface area contributed by atoms with Crippen molar-refractivity contribution in [1.82, 2.24) is 18.9 Å². The number of alkyl halides is 2. The second-order valence-electron chi connectivity index (χ2n) is 11.3. The van der Waals surface area contributed by atoms with Crippen LogP contribution >= 0.6 is 0 Å². The second-order valence-corrected chi connectivity index (χ2v) is 11.3. The smallest absolute Gasteiger partial charge is 0.332 e. The Hall–Kier alpha value is -4.35. The number of piperidine rings is 1. The Labute approximate surface area is 254 Å². The van der Waals surface area contributed by atoms with Crippen LogP contribution in [0.5, 0.6) is 17.2 Å². The number of rotatable bonds is 12. The van der Waals surface area contributed by atoms with Crippen molar-refractivity contribution in [2.24, 2.45) is 0 Å². The van der Waals surface area contributed by atoms with Crippen molar-refractivity contribution in [1.29, 1.82) is 0 Å². The van der Waals surface area contributed by atoms with Gasteiger partial charge >= 0.3 is 5.69 Å². The maximum atomic E-state index is 14.0. The van der Waals surface area contributed by atoms with E-state index in [2.05, 4.69) is 11.5 Å². The van der Waals surface area contributed by atoms with Gasteiger partial charge in [0.15, 0.2) is 17.6 Å². The molecule has 44 heavy (non-hydrogen) atoms. The van der Waals surface area contributed by atoms with Crippen LogP contribution in [0, 0.1) is 0 Å². The zero-order valence-electron chi connectivity index (χ0n) is 25.0. The summed E-state index contributed by atoms with van der Waals surface area (Å²) >= 11 is 0. The van der Waals surface area contributed by atoms with E-state index >= 15 is 0 Å². The molecular formula is C32H38F2N4O6. The molecule has 2 aliphatic heterocycles. The minimum absolute atomic E-state index is 0.0294. The highest BCUT2D eigenvalue weighted by molar-refractivity contribution is 5.80. The number of hydrogen-bond donors (Lipinski definition) is 0. The zero-order chi connectivity index (χ0) is 31.4. The van der Waals surface area contributed by atoms with Crippen LogP contribution < -0.4 is 25.5 Å². The summed E-state index contributed by atoms with van der Waals surface area (Å²) in [6, 6.07) is 9.55. The molecule has 2 aliphatic rings. The SMILES string of the molecule is C=C(C)N1CCC(Oc2ccc(Cn3c(=O)c4cc(OC(CF)CF)ccc4n(C4CCN(C=O)CC4)c3=O)cc2OC)C1. The number of methoxy groups -OCH3 is 1. The van der Waals surface area contributed by atoms with Gasteiger partial charge in [0.25, 0.3) is 5.56 Å². The van der Waals surface area contributed by atoms with Crippen LogP contribution in [0.2, 0.25) is 0 Å². The van der Waals surface area contributed by atoms with Gasteiger partial charge in [-0.05, 0) is 55.7 Å². The Balaban J connectivity index is 1.51. The van der Waals surface area contributed by atoms with Crippen LogP contribution in [0.25, 0.3) is 10.9 Å². The highest BCUT2D eigenvalue weighted by Gasteiger charge is 2.27. The molecule has 2 fully saturated rings. The summed E-state index contributed by atoms with van der Waals surface area (Å²) in [7, 11) is 1.53. The fourth-order valence-electron chi connectivity index (χ4n) is 5.91. The van der Waals surface area contributed by atoms with Crippen LogP contribution in [0.1, 0.15) is 37.8 Å². The Morgan fingerprint density at radius 1 is 1.05 bits per heavy atom. The molecule has 3 aromatic rings. The summed E-state index contributed by atoms with van der Waals surface area (Å²) in [4.78, 5) is 42.9. The molecular weight excluding hydrogens is 574 g/mol. The first kappa shape index (κ1) is 31.1. The Morgan fingerprint density at radius 3 is 2.43 bits per heavy atom. The van der Waals surface area contributed by atoms with Crippen LogP contribution in [0.15, 0.2) is 58.3 Å². The molecule has 0 aliphatic carbocycles. The van der Waals surface area contributed by atoms with Gasteiger partial charge in [-0.15, -0.1) is 0 Å². The van der Waals surface area contributed by atoms with Gasteiger partial charge in [-0.25, -0.2) is 13.6 Å². The van der Waals surface area contributed by atoms with E-state index in [0.29, 0.717) is 48.5 Å². The van der Waals surface area contributed by atoms with Gasteiger partial charge in [-0.2, -0.15) is 0 Å². The van der Waals surface area contributed by atoms with E-state index in [0.717, 1.165) is 36.2 Å². The van der Waals surface area contributed by atoms with E-state index in [1.807, 2.05) is 6.92 Å². The molecule has 236 valence electrons. The largest absolute Gasteiger partial charge is 0.493 e. The number of amides is 1. The number of ether oxygens (including phenoxy) is 3. The number of likely N-dealkylation sites (tertiary alicyclic amines) is 2. The maximum absolute atomic E-state index is 14.0. The van der Waals surface area contributed by atoms with E-state index < -0.39 is 30.7 Å². The predicted molar refractivity (Wildman–Crippen MR) is 162 cm³/mol. The van der Waals surface area contributed by atoms with Crippen LogP contribution in [-0.2, 0) is 11.3 Å². The number of nitrogens with zero attached hydrogens (tertiary/aromatic N) is 4. The standard InChI is InChI=1S/C32H38F2N4O6/c1-21(2)36-13-10-25(19-36)44-29-7-4-22(14-30(29)42-3)18-37-31(40)27-15-24(43-26(16-33)17-34)5-6-28(27)38(32(37)41)23-8-11-35(20-39)12-9-23/h4-7,14-15,20,23,25-26H,1,8-13,16-19H2,2-3H3. The highest BCUT2D eigenvalue weighted by Crippen LogP contribution is 2.31. The molecule has 3 heterocycles. The van der Waals surface area contributed by atoms with Crippen molar-refractivity contribution in [3.05, 3.63) is 75.1 Å². The number of fused-ring (bicyclic) bond motifs is 1. The Morgan fingerprint density at radius 2 is 1.80 bits per heavy atom. The topological polar surface area (TPSA) is 95.2 Å². The van der Waals surface area contributed by atoms with Gasteiger partial charge in [-0.3, -0.25) is 18.7 Å². The number of carbonyl (C=O) groups is 1. The van der Waals surface area contributed by atoms with Gasteiger partial charge in [0.2, 0.25) is 6.41 Å². The lowest BCUT2D eigenvalue weighted by atomic mass is 10.0. The lowest BCUT2D eigenvalue weighted by molar-refractivity contribution is -0.119. The number of aromatic nitrogens is 2. The minimum atomic E-state index is -1.30. The van der Waals surface area contributed by atoms with E-state index in [4.69, 9.17) is 14.2 Å². The van der Waals surface area contributed by atoms with E-state index in [9.17, 15) is 23.2 Å². The summed E-state index contributed by atoms with van der Waals surface area (Å²) < 4.78 is 46.4. The molecule has 0 bridgehead atoms. The van der Waals surface area contributed by atoms with E-state index in [1.54, 1.807) is 33.7 Å². The molecule has 12 heteroatoms. The molecule has 0 saturated carbocycles. The van der Waals surface area contributed by atoms with E-state index in [1.165, 1.54) is 19.2 Å². The molecule has 1 unspecified atom stereocenters. The number of halogens is 2. The number of carbonyl (C=O) groups excluding carboxylic acids is 1. The minimum Gasteiger partial charge on any atom is -0.493 e. The molecule has 0 N–H and O–H groups in total. The summed E-state index contributed by atoms with van der Waals surface area (Å²) in [5.41, 5.74) is 0.984. The van der Waals surface area contributed by atoms with Crippen molar-refractivity contribution in [2.45, 2.75) is 51.0 Å². The van der Waals surface area contributed by atoms with Crippen molar-refractivity contribution >= 4 is 17.3 Å². The predicted octanol–water partition coefficient (Wildman–Crippen LogP) is 3.69. The first-order valence-electron chi connectivity index (χ1n) is 14.8. The molecule has 0 radical (unpaired) electrons. The quantitative estimate of drug-likeness (QED) is 0.288. The number of hydrogen-bond acceptors (Lipinski definition) is 7. The molecule has 1 aromatic heterocycles. The van der Waals surface area contributed by atoms with Crippen LogP contribution in [0.4, 0.5) is 8.78 Å². The molecule has 1 atom stereocenters. The lowest BCUT2D eigenvalue weighted by Crippen LogP contribution is -2.44. The summed E-state index contributed by atoms with van der Waals surface area (Å²) in [6.07, 6.45) is 1.36. The van der Waals surface area contributed by atoms with Crippen LogP contribution in [-0.4, -0.2) is 84.2 Å². The first-order valence-corrected chi connectivity index (χ1v) is 14.8. The zero-order valence-corrected chi connectivity index (χ0v) is 25.0. The molecule has 10 nitrogen and oxygen atoms in total. The van der Waals surface area contributed by atoms with Gasteiger partial charge in [0.05, 0.1) is 31.1 Å². The third-order valence-electron chi connectivity index (χ3n) is 8.35. The van der Waals surface area contributed by atoms with E-state index in [-0.39, 0.29) is 29.8 Å². The van der Waals surface area contributed by atoms with Gasteiger partial charge in [0.1, 0.15) is 25.2 Å². The molecule has 0 spiro atoms. The lowest BCUT2D eigenvalue weighted by Gasteiger charge is -2.31. The number of benzene rings is 2.